The van der Waals surface area contributed by atoms with Crippen LogP contribution in [0.4, 0.5) is 4.39 Å². The molecular weight excluding hydrogens is 197 g/mol. The quantitative estimate of drug-likeness (QED) is 0.523. The fourth-order valence-electron chi connectivity index (χ4n) is 0.124. The van der Waals surface area contributed by atoms with Crippen LogP contribution in [-0.2, 0) is 0 Å². The molecule has 0 heterocycles. The Morgan fingerprint density at radius 1 is 1.38 bits per heavy atom. The summed E-state index contributed by atoms with van der Waals surface area (Å²) >= 11 is 19.9. The Balaban J connectivity index is 3.89. The predicted octanol–water partition coefficient (Wildman–Crippen LogP) is 3.41. The maximum atomic E-state index is 11.6. The minimum absolute atomic E-state index is 0.666. The Morgan fingerprint density at radius 2 is 1.75 bits per heavy atom. The summed E-state index contributed by atoms with van der Waals surface area (Å²) in [7, 11) is 0. The van der Waals surface area contributed by atoms with Gasteiger partial charge in [-0.3, -0.25) is 0 Å². The summed E-state index contributed by atoms with van der Waals surface area (Å²) in [5.41, 5.74) is 0. The van der Waals surface area contributed by atoms with Gasteiger partial charge >= 0.3 is 0 Å². The van der Waals surface area contributed by atoms with Crippen molar-refractivity contribution in [1.82, 2.24) is 0 Å². The normalized spacial score (nSPS) is 14.4. The van der Waals surface area contributed by atoms with Crippen LogP contribution in [0.25, 0.3) is 0 Å². The zero-order valence-electron chi connectivity index (χ0n) is 3.47. The molecule has 0 saturated heterocycles. The van der Waals surface area contributed by atoms with Crippen molar-refractivity contribution < 1.29 is 4.39 Å². The van der Waals surface area contributed by atoms with Gasteiger partial charge in [-0.1, -0.05) is 46.4 Å². The molecule has 0 N–H and O–H groups in total. The van der Waals surface area contributed by atoms with E-state index >= 15 is 0 Å². The van der Waals surface area contributed by atoms with Crippen molar-refractivity contribution in [2.45, 2.75) is 3.79 Å². The van der Waals surface area contributed by atoms with Crippen LogP contribution in [0, 0.1) is 0 Å². The Labute approximate surface area is 66.2 Å². The van der Waals surface area contributed by atoms with Gasteiger partial charge in [-0.15, -0.1) is 0 Å². The van der Waals surface area contributed by atoms with Crippen molar-refractivity contribution in [3.05, 3.63) is 11.4 Å². The summed E-state index contributed by atoms with van der Waals surface area (Å²) in [6, 6.07) is 0. The zero-order valence-corrected chi connectivity index (χ0v) is 6.49. The molecule has 5 heteroatoms. The van der Waals surface area contributed by atoms with Gasteiger partial charge in [0, 0.05) is 6.08 Å². The summed E-state index contributed by atoms with van der Waals surface area (Å²) < 4.78 is 9.84. The number of halogens is 5. The largest absolute Gasteiger partial charge is 0.213 e. The van der Waals surface area contributed by atoms with Crippen LogP contribution >= 0.6 is 46.4 Å². The molecule has 0 aliphatic heterocycles. The molecule has 0 amide bonds. The lowest BCUT2D eigenvalue weighted by atomic mass is 10.7. The Hall–Kier alpha value is 0.830. The molecule has 0 bridgehead atoms. The molecule has 0 spiro atoms. The van der Waals surface area contributed by atoms with E-state index in [2.05, 4.69) is 0 Å². The first-order chi connectivity index (χ1) is 3.42. The molecule has 0 rings (SSSR count). The van der Waals surface area contributed by atoms with Crippen molar-refractivity contribution in [3.63, 3.8) is 0 Å². The van der Waals surface area contributed by atoms with Gasteiger partial charge in [0.2, 0.25) is 3.79 Å². The predicted molar refractivity (Wildman–Crippen MR) is 35.3 cm³/mol. The summed E-state index contributed by atoms with van der Waals surface area (Å²) in [4.78, 5) is 0. The molecule has 0 nitrogen and oxygen atoms in total. The van der Waals surface area contributed by atoms with Gasteiger partial charge in [0.1, 0.15) is 0 Å². The van der Waals surface area contributed by atoms with E-state index in [4.69, 9.17) is 46.4 Å². The second-order valence-electron chi connectivity index (χ2n) is 0.976. The van der Waals surface area contributed by atoms with E-state index in [-0.39, 0.29) is 0 Å². The average Bonchev–Trinajstić information content (AvgIpc) is 1.21. The van der Waals surface area contributed by atoms with Gasteiger partial charge in [0.05, 0.1) is 0 Å². The topological polar surface area (TPSA) is 0 Å². The van der Waals surface area contributed by atoms with Gasteiger partial charge in [-0.2, -0.15) is 4.39 Å². The van der Waals surface area contributed by atoms with Crippen LogP contribution in [0.3, 0.4) is 0 Å². The van der Waals surface area contributed by atoms with E-state index in [0.29, 0.717) is 6.08 Å². The summed E-state index contributed by atoms with van der Waals surface area (Å²) in [6.45, 7) is 0. The number of hydrogen-bond acceptors (Lipinski definition) is 0. The first kappa shape index (κ1) is 8.83. The van der Waals surface area contributed by atoms with E-state index in [9.17, 15) is 4.39 Å². The fraction of sp³-hybridized carbons (Fsp3) is 0.333. The number of hydrogen-bond donors (Lipinski definition) is 0. The van der Waals surface area contributed by atoms with E-state index in [1.807, 2.05) is 0 Å². The fourth-order valence-corrected chi connectivity index (χ4v) is 0.742. The third-order valence-electron chi connectivity index (χ3n) is 0.273. The van der Waals surface area contributed by atoms with Crippen LogP contribution in [0.5, 0.6) is 0 Å². The highest BCUT2D eigenvalue weighted by molar-refractivity contribution is 6.69. The summed E-state index contributed by atoms with van der Waals surface area (Å²) in [5, 5.41) is -1.02. The lowest BCUT2D eigenvalue weighted by Gasteiger charge is -1.99. The molecule has 0 radical (unpaired) electrons. The van der Waals surface area contributed by atoms with Crippen molar-refractivity contribution >= 4 is 46.4 Å². The number of rotatable bonds is 0. The van der Waals surface area contributed by atoms with Crippen LogP contribution in [0.1, 0.15) is 0 Å². The van der Waals surface area contributed by atoms with Crippen LogP contribution < -0.4 is 0 Å². The summed E-state index contributed by atoms with van der Waals surface area (Å²) in [6.07, 6.45) is 0.666. The molecule has 48 valence electrons. The molecule has 0 aromatic carbocycles. The van der Waals surface area contributed by atoms with E-state index in [1.165, 1.54) is 0 Å². The average molecular weight is 198 g/mol. The molecular formula is C3HCl4F. The van der Waals surface area contributed by atoms with Crippen molar-refractivity contribution in [3.8, 4) is 0 Å². The SMILES string of the molecule is F/C(Cl)=C\C(Cl)(Cl)Cl. The lowest BCUT2D eigenvalue weighted by molar-refractivity contribution is 0.691. The minimum Gasteiger partial charge on any atom is -0.194 e. The van der Waals surface area contributed by atoms with Crippen molar-refractivity contribution in [2.75, 3.05) is 0 Å². The molecule has 0 saturated carbocycles. The summed E-state index contributed by atoms with van der Waals surface area (Å²) in [5.74, 6) is 0. The first-order valence-corrected chi connectivity index (χ1v) is 3.03. The highest BCUT2D eigenvalue weighted by Gasteiger charge is 2.16. The second-order valence-corrected chi connectivity index (χ2v) is 3.71. The van der Waals surface area contributed by atoms with Crippen molar-refractivity contribution in [2.24, 2.45) is 0 Å². The molecule has 0 fully saturated rings. The Kier molecular flexibility index (Phi) is 3.44. The van der Waals surface area contributed by atoms with E-state index in [0.717, 1.165) is 0 Å². The van der Waals surface area contributed by atoms with Gasteiger partial charge < -0.3 is 0 Å². The molecule has 0 aromatic heterocycles. The van der Waals surface area contributed by atoms with Gasteiger partial charge in [0.25, 0.3) is 0 Å². The number of alkyl halides is 3. The number of allylic oxidation sites excluding steroid dienone is 1. The molecule has 0 unspecified atom stereocenters. The molecule has 8 heavy (non-hydrogen) atoms. The second kappa shape index (κ2) is 3.11. The third kappa shape index (κ3) is 6.83. The smallest absolute Gasteiger partial charge is 0.194 e. The van der Waals surface area contributed by atoms with Gasteiger partial charge in [-0.25, -0.2) is 0 Å². The van der Waals surface area contributed by atoms with Crippen LogP contribution in [-0.4, -0.2) is 3.79 Å². The monoisotopic (exact) mass is 196 g/mol. The Morgan fingerprint density at radius 3 is 1.75 bits per heavy atom. The van der Waals surface area contributed by atoms with Crippen LogP contribution in [0.2, 0.25) is 0 Å². The third-order valence-corrected chi connectivity index (χ3v) is 0.709. The van der Waals surface area contributed by atoms with E-state index in [1.54, 1.807) is 0 Å². The molecule has 0 aromatic rings. The molecule has 0 aliphatic carbocycles. The lowest BCUT2D eigenvalue weighted by Crippen LogP contribution is -1.93. The maximum Gasteiger partial charge on any atom is 0.213 e. The van der Waals surface area contributed by atoms with Crippen LogP contribution in [0.15, 0.2) is 11.4 Å². The van der Waals surface area contributed by atoms with Crippen molar-refractivity contribution in [1.29, 1.82) is 0 Å². The zero-order chi connectivity index (χ0) is 6.78. The highest BCUT2D eigenvalue weighted by atomic mass is 35.6. The standard InChI is InChI=1S/C3HCl4F/c4-2(8)1-3(5,6)7/h1H/b2-1-. The van der Waals surface area contributed by atoms with Gasteiger partial charge in [0.15, 0.2) is 5.29 Å². The minimum atomic E-state index is -1.73. The Bertz CT molecular complexity index is 98.3. The first-order valence-electron chi connectivity index (χ1n) is 1.52. The molecule has 0 atom stereocenters. The highest BCUT2D eigenvalue weighted by Crippen LogP contribution is 2.29. The van der Waals surface area contributed by atoms with E-state index < -0.39 is 9.08 Å². The molecule has 0 aliphatic rings. The van der Waals surface area contributed by atoms with Gasteiger partial charge in [-0.05, 0) is 0 Å². The maximum absolute atomic E-state index is 11.6.